The number of amides is 1. The molecular weight excluding hydrogens is 264 g/mol. The number of anilines is 1. The van der Waals surface area contributed by atoms with E-state index in [-0.39, 0.29) is 5.91 Å². The number of nitrogens with zero attached hydrogens (tertiary/aromatic N) is 4. The zero-order chi connectivity index (χ0) is 15.1. The van der Waals surface area contributed by atoms with Crippen LogP contribution in [-0.2, 0) is 0 Å². The summed E-state index contributed by atoms with van der Waals surface area (Å²) in [5.41, 5.74) is 0.503. The minimum Gasteiger partial charge on any atom is -0.341 e. The summed E-state index contributed by atoms with van der Waals surface area (Å²) in [6.07, 6.45) is 8.71. The molecule has 0 spiro atoms. The number of aromatic nitrogens is 2. The van der Waals surface area contributed by atoms with Crippen molar-refractivity contribution in [3.05, 3.63) is 18.0 Å². The molecule has 1 amide bonds. The highest BCUT2D eigenvalue weighted by Crippen LogP contribution is 2.15. The van der Waals surface area contributed by atoms with E-state index >= 15 is 0 Å². The van der Waals surface area contributed by atoms with Gasteiger partial charge >= 0.3 is 0 Å². The fourth-order valence-corrected chi connectivity index (χ4v) is 2.58. The molecule has 5 heteroatoms. The van der Waals surface area contributed by atoms with Gasteiger partial charge in [0, 0.05) is 32.9 Å². The van der Waals surface area contributed by atoms with Gasteiger partial charge in [0.1, 0.15) is 5.69 Å². The minimum atomic E-state index is -0.0121. The molecule has 0 aromatic carbocycles. The summed E-state index contributed by atoms with van der Waals surface area (Å²) in [7, 11) is 1.84. The quantitative estimate of drug-likeness (QED) is 0.836. The van der Waals surface area contributed by atoms with Gasteiger partial charge in [-0.2, -0.15) is 0 Å². The zero-order valence-corrected chi connectivity index (χ0v) is 13.2. The van der Waals surface area contributed by atoms with E-state index in [9.17, 15) is 4.79 Å². The van der Waals surface area contributed by atoms with Crippen LogP contribution >= 0.6 is 0 Å². The van der Waals surface area contributed by atoms with Gasteiger partial charge in [0.2, 0.25) is 5.95 Å². The van der Waals surface area contributed by atoms with Gasteiger partial charge in [-0.15, -0.1) is 0 Å². The van der Waals surface area contributed by atoms with Crippen LogP contribution < -0.4 is 4.90 Å². The second-order valence-corrected chi connectivity index (χ2v) is 5.72. The van der Waals surface area contributed by atoms with Crippen LogP contribution in [0.3, 0.4) is 0 Å². The van der Waals surface area contributed by atoms with Gasteiger partial charge in [-0.3, -0.25) is 4.79 Å². The van der Waals surface area contributed by atoms with E-state index in [1.807, 2.05) is 7.05 Å². The molecule has 0 unspecified atom stereocenters. The van der Waals surface area contributed by atoms with Crippen molar-refractivity contribution in [1.82, 2.24) is 14.9 Å². The highest BCUT2D eigenvalue weighted by atomic mass is 16.2. The molecule has 0 atom stereocenters. The van der Waals surface area contributed by atoms with Crippen LogP contribution in [0.5, 0.6) is 0 Å². The Kier molecular flexibility index (Phi) is 5.96. The van der Waals surface area contributed by atoms with E-state index in [2.05, 4.69) is 21.8 Å². The number of carbonyl (C=O) groups excluding carboxylic acids is 1. The molecule has 1 aliphatic heterocycles. The molecule has 1 aliphatic rings. The summed E-state index contributed by atoms with van der Waals surface area (Å²) in [4.78, 5) is 25.2. The van der Waals surface area contributed by atoms with Crippen molar-refractivity contribution in [3.8, 4) is 0 Å². The van der Waals surface area contributed by atoms with E-state index < -0.39 is 0 Å². The number of carbonyl (C=O) groups is 1. The van der Waals surface area contributed by atoms with Crippen LogP contribution in [0, 0.1) is 0 Å². The molecule has 1 saturated heterocycles. The molecule has 0 bridgehead atoms. The van der Waals surface area contributed by atoms with Crippen LogP contribution in [0.25, 0.3) is 0 Å². The molecule has 1 fully saturated rings. The van der Waals surface area contributed by atoms with E-state index in [0.717, 1.165) is 32.5 Å². The highest BCUT2D eigenvalue weighted by Gasteiger charge is 2.17. The van der Waals surface area contributed by atoms with Crippen molar-refractivity contribution in [2.45, 2.75) is 45.4 Å². The summed E-state index contributed by atoms with van der Waals surface area (Å²) < 4.78 is 0. The average Bonchev–Trinajstić information content (AvgIpc) is 2.81. The zero-order valence-electron chi connectivity index (χ0n) is 13.2. The first-order valence-corrected chi connectivity index (χ1v) is 8.06. The summed E-state index contributed by atoms with van der Waals surface area (Å²) >= 11 is 0. The Morgan fingerprint density at radius 3 is 2.67 bits per heavy atom. The van der Waals surface area contributed by atoms with E-state index in [1.54, 1.807) is 17.2 Å². The molecule has 1 aromatic rings. The Hall–Kier alpha value is -1.65. The lowest BCUT2D eigenvalue weighted by Crippen LogP contribution is -2.30. The number of rotatable bonds is 5. The van der Waals surface area contributed by atoms with Gasteiger partial charge in [0.15, 0.2) is 0 Å². The normalized spacial score (nSPS) is 15.6. The molecule has 2 heterocycles. The summed E-state index contributed by atoms with van der Waals surface area (Å²) in [6, 6.07) is 1.71. The Morgan fingerprint density at radius 1 is 1.29 bits per heavy atom. The Balaban J connectivity index is 2.07. The second kappa shape index (κ2) is 7.96. The molecule has 1 aromatic heterocycles. The highest BCUT2D eigenvalue weighted by molar-refractivity contribution is 5.92. The van der Waals surface area contributed by atoms with Crippen molar-refractivity contribution in [2.24, 2.45) is 0 Å². The number of hydrogen-bond acceptors (Lipinski definition) is 4. The standard InChI is InChI=1S/C16H26N4O/c1-3-4-11-19(2)15(21)14-9-10-17-16(18-14)20-12-7-5-6-8-13-20/h9-10H,3-8,11-13H2,1-2H3. The molecule has 116 valence electrons. The molecule has 5 nitrogen and oxygen atoms in total. The lowest BCUT2D eigenvalue weighted by atomic mass is 10.2. The third kappa shape index (κ3) is 4.41. The molecule has 21 heavy (non-hydrogen) atoms. The SMILES string of the molecule is CCCCN(C)C(=O)c1ccnc(N2CCCCCC2)n1. The molecular formula is C16H26N4O. The smallest absolute Gasteiger partial charge is 0.272 e. The first kappa shape index (κ1) is 15.7. The van der Waals surface area contributed by atoms with E-state index in [1.165, 1.54) is 25.7 Å². The average molecular weight is 290 g/mol. The fraction of sp³-hybridized carbons (Fsp3) is 0.688. The van der Waals surface area contributed by atoms with Crippen LogP contribution in [0.15, 0.2) is 12.3 Å². The fourth-order valence-electron chi connectivity index (χ4n) is 2.58. The Morgan fingerprint density at radius 2 is 2.00 bits per heavy atom. The van der Waals surface area contributed by atoms with Gasteiger partial charge in [-0.05, 0) is 25.3 Å². The second-order valence-electron chi connectivity index (χ2n) is 5.72. The first-order valence-electron chi connectivity index (χ1n) is 8.06. The maximum Gasteiger partial charge on any atom is 0.272 e. The van der Waals surface area contributed by atoms with E-state index in [0.29, 0.717) is 11.6 Å². The Bertz CT molecular complexity index is 455. The molecule has 0 N–H and O–H groups in total. The monoisotopic (exact) mass is 290 g/mol. The number of hydrogen-bond donors (Lipinski definition) is 0. The van der Waals surface area contributed by atoms with E-state index in [4.69, 9.17) is 0 Å². The van der Waals surface area contributed by atoms with Crippen LogP contribution in [0.2, 0.25) is 0 Å². The summed E-state index contributed by atoms with van der Waals surface area (Å²) in [6.45, 7) is 4.88. The van der Waals surface area contributed by atoms with Gasteiger partial charge < -0.3 is 9.80 Å². The number of unbranched alkanes of at least 4 members (excludes halogenated alkanes) is 1. The summed E-state index contributed by atoms with van der Waals surface area (Å²) in [5, 5.41) is 0. The minimum absolute atomic E-state index is 0.0121. The lowest BCUT2D eigenvalue weighted by Gasteiger charge is -2.21. The predicted molar refractivity (Wildman–Crippen MR) is 84.6 cm³/mol. The van der Waals surface area contributed by atoms with Gasteiger partial charge in [0.05, 0.1) is 0 Å². The van der Waals surface area contributed by atoms with Crippen molar-refractivity contribution in [1.29, 1.82) is 0 Å². The van der Waals surface area contributed by atoms with Crippen LogP contribution in [0.1, 0.15) is 55.9 Å². The molecule has 2 rings (SSSR count). The van der Waals surface area contributed by atoms with Crippen molar-refractivity contribution in [2.75, 3.05) is 31.6 Å². The van der Waals surface area contributed by atoms with Crippen LogP contribution in [0.4, 0.5) is 5.95 Å². The maximum atomic E-state index is 12.4. The lowest BCUT2D eigenvalue weighted by molar-refractivity contribution is 0.0787. The molecule has 0 aliphatic carbocycles. The van der Waals surface area contributed by atoms with Crippen molar-refractivity contribution in [3.63, 3.8) is 0 Å². The maximum absolute atomic E-state index is 12.4. The van der Waals surface area contributed by atoms with Gasteiger partial charge in [-0.1, -0.05) is 26.2 Å². The van der Waals surface area contributed by atoms with Gasteiger partial charge in [0.25, 0.3) is 5.91 Å². The molecule has 0 radical (unpaired) electrons. The van der Waals surface area contributed by atoms with Crippen molar-refractivity contribution < 1.29 is 4.79 Å². The largest absolute Gasteiger partial charge is 0.341 e. The van der Waals surface area contributed by atoms with Gasteiger partial charge in [-0.25, -0.2) is 9.97 Å². The first-order chi connectivity index (χ1) is 10.2. The third-order valence-electron chi connectivity index (χ3n) is 3.94. The summed E-state index contributed by atoms with van der Waals surface area (Å²) in [5.74, 6) is 0.688. The Labute approximate surface area is 127 Å². The molecule has 0 saturated carbocycles. The third-order valence-corrected chi connectivity index (χ3v) is 3.94. The van der Waals surface area contributed by atoms with Crippen LogP contribution in [-0.4, -0.2) is 47.5 Å². The topological polar surface area (TPSA) is 49.3 Å². The predicted octanol–water partition coefficient (Wildman–Crippen LogP) is 2.73. The van der Waals surface area contributed by atoms with Crippen molar-refractivity contribution >= 4 is 11.9 Å².